The molecule has 0 radical (unpaired) electrons. The van der Waals surface area contributed by atoms with E-state index in [9.17, 15) is 13.2 Å². The molecule has 0 aliphatic carbocycles. The molecule has 0 atom stereocenters. The summed E-state index contributed by atoms with van der Waals surface area (Å²) >= 11 is 0. The fourth-order valence-electron chi connectivity index (χ4n) is 3.20. The number of unbranched alkanes of at least 4 members (excludes halogenated alkanes) is 3. The maximum Gasteiger partial charge on any atom is 0.258 e. The lowest BCUT2D eigenvalue weighted by Crippen LogP contribution is -2.26. The molecular formula is C20H26N4O3S. The summed E-state index contributed by atoms with van der Waals surface area (Å²) in [5.41, 5.74) is 2.78. The van der Waals surface area contributed by atoms with Crippen molar-refractivity contribution in [3.63, 3.8) is 0 Å². The van der Waals surface area contributed by atoms with Gasteiger partial charge < -0.3 is 4.57 Å². The highest BCUT2D eigenvalue weighted by atomic mass is 32.2. The van der Waals surface area contributed by atoms with Crippen molar-refractivity contribution in [3.05, 3.63) is 52.7 Å². The van der Waals surface area contributed by atoms with E-state index < -0.39 is 10.0 Å². The molecular weight excluding hydrogens is 376 g/mol. The van der Waals surface area contributed by atoms with Gasteiger partial charge in [-0.1, -0.05) is 26.2 Å². The molecule has 0 saturated carbocycles. The Kier molecular flexibility index (Phi) is 6.00. The smallest absolute Gasteiger partial charge is 0.258 e. The Balaban J connectivity index is 1.94. The fourth-order valence-corrected chi connectivity index (χ4v) is 4.35. The van der Waals surface area contributed by atoms with E-state index in [1.165, 1.54) is 10.8 Å². The molecule has 0 aliphatic rings. The second-order valence-corrected chi connectivity index (χ2v) is 8.74. The van der Waals surface area contributed by atoms with Gasteiger partial charge >= 0.3 is 0 Å². The minimum atomic E-state index is -3.66. The fraction of sp³-hybridized carbons (Fsp3) is 0.400. The van der Waals surface area contributed by atoms with Gasteiger partial charge in [0.05, 0.1) is 6.20 Å². The Morgan fingerprint density at radius 3 is 2.61 bits per heavy atom. The number of hydrogen-bond donors (Lipinski definition) is 1. The van der Waals surface area contributed by atoms with E-state index in [-0.39, 0.29) is 10.6 Å². The number of imidazole rings is 1. The lowest BCUT2D eigenvalue weighted by Gasteiger charge is -2.09. The molecule has 0 unspecified atom stereocenters. The van der Waals surface area contributed by atoms with Gasteiger partial charge in [-0.25, -0.2) is 18.1 Å². The molecule has 0 amide bonds. The monoisotopic (exact) mass is 402 g/mol. The van der Waals surface area contributed by atoms with Crippen LogP contribution in [-0.4, -0.2) is 28.9 Å². The lowest BCUT2D eigenvalue weighted by molar-refractivity contribution is 0.569. The van der Waals surface area contributed by atoms with Crippen LogP contribution in [0.2, 0.25) is 0 Å². The van der Waals surface area contributed by atoms with Crippen molar-refractivity contribution in [3.8, 4) is 11.1 Å². The van der Waals surface area contributed by atoms with Crippen LogP contribution in [-0.2, 0) is 17.1 Å². The zero-order chi connectivity index (χ0) is 20.3. The number of pyridine rings is 2. The van der Waals surface area contributed by atoms with Gasteiger partial charge in [0.15, 0.2) is 5.03 Å². The van der Waals surface area contributed by atoms with E-state index in [2.05, 4.69) is 16.6 Å². The molecule has 0 aliphatic heterocycles. The van der Waals surface area contributed by atoms with E-state index in [1.54, 1.807) is 42.9 Å². The van der Waals surface area contributed by atoms with Crippen molar-refractivity contribution in [1.82, 2.24) is 18.7 Å². The van der Waals surface area contributed by atoms with Crippen molar-refractivity contribution < 1.29 is 8.42 Å². The van der Waals surface area contributed by atoms with Crippen molar-refractivity contribution in [2.45, 2.75) is 44.6 Å². The van der Waals surface area contributed by atoms with Gasteiger partial charge in [0.2, 0.25) is 0 Å². The standard InChI is InChI=1S/C20H26N4O3S/c1-4-5-6-7-10-22-28(26,27)19-12-21-18-9-8-16(14-24(18)19)17-11-15(2)20(25)23(3)13-17/h8-9,11-14,22H,4-7,10H2,1-3H3. The summed E-state index contributed by atoms with van der Waals surface area (Å²) in [4.78, 5) is 16.2. The van der Waals surface area contributed by atoms with Crippen LogP contribution in [0.1, 0.15) is 38.2 Å². The number of nitrogens with one attached hydrogen (secondary N) is 1. The summed E-state index contributed by atoms with van der Waals surface area (Å²) in [6.45, 7) is 4.29. The van der Waals surface area contributed by atoms with Gasteiger partial charge in [-0.2, -0.15) is 0 Å². The number of nitrogens with zero attached hydrogens (tertiary/aromatic N) is 3. The first-order valence-corrected chi connectivity index (χ1v) is 11.0. The number of aryl methyl sites for hydroxylation is 2. The molecule has 8 heteroatoms. The van der Waals surface area contributed by atoms with Gasteiger partial charge in [-0.15, -0.1) is 0 Å². The molecule has 0 aromatic carbocycles. The molecule has 3 heterocycles. The van der Waals surface area contributed by atoms with Crippen LogP contribution >= 0.6 is 0 Å². The molecule has 0 fully saturated rings. The second kappa shape index (κ2) is 8.28. The highest BCUT2D eigenvalue weighted by Gasteiger charge is 2.19. The summed E-state index contributed by atoms with van der Waals surface area (Å²) in [7, 11) is -1.96. The normalized spacial score (nSPS) is 12.0. The quantitative estimate of drug-likeness (QED) is 0.587. The third kappa shape index (κ3) is 4.18. The SMILES string of the molecule is CCCCCCNS(=O)(=O)c1cnc2ccc(-c3cc(C)c(=O)n(C)c3)cn12. The van der Waals surface area contributed by atoms with Gasteiger partial charge in [-0.3, -0.25) is 9.20 Å². The molecule has 0 spiro atoms. The third-order valence-electron chi connectivity index (χ3n) is 4.77. The Hall–Kier alpha value is -2.45. The molecule has 28 heavy (non-hydrogen) atoms. The highest BCUT2D eigenvalue weighted by molar-refractivity contribution is 7.89. The summed E-state index contributed by atoms with van der Waals surface area (Å²) in [5.74, 6) is 0. The van der Waals surface area contributed by atoms with Crippen molar-refractivity contribution >= 4 is 15.7 Å². The molecule has 150 valence electrons. The van der Waals surface area contributed by atoms with E-state index in [4.69, 9.17) is 0 Å². The van der Waals surface area contributed by atoms with Crippen LogP contribution in [0.3, 0.4) is 0 Å². The zero-order valence-corrected chi connectivity index (χ0v) is 17.3. The molecule has 0 bridgehead atoms. The molecule has 7 nitrogen and oxygen atoms in total. The maximum atomic E-state index is 12.7. The van der Waals surface area contributed by atoms with Crippen LogP contribution in [0.5, 0.6) is 0 Å². The lowest BCUT2D eigenvalue weighted by atomic mass is 10.1. The van der Waals surface area contributed by atoms with Gasteiger partial charge in [-0.05, 0) is 42.7 Å². The highest BCUT2D eigenvalue weighted by Crippen LogP contribution is 2.22. The first-order valence-electron chi connectivity index (χ1n) is 9.48. The molecule has 3 aromatic rings. The summed E-state index contributed by atoms with van der Waals surface area (Å²) in [5, 5.41) is 0.112. The van der Waals surface area contributed by atoms with Crippen LogP contribution in [0, 0.1) is 6.92 Å². The van der Waals surface area contributed by atoms with Gasteiger partial charge in [0.25, 0.3) is 15.6 Å². The number of hydrogen-bond acceptors (Lipinski definition) is 4. The zero-order valence-electron chi connectivity index (χ0n) is 16.5. The van der Waals surface area contributed by atoms with E-state index >= 15 is 0 Å². The Morgan fingerprint density at radius 1 is 1.11 bits per heavy atom. The first kappa shape index (κ1) is 20.3. The van der Waals surface area contributed by atoms with Gasteiger partial charge in [0.1, 0.15) is 5.65 Å². The van der Waals surface area contributed by atoms with Gasteiger partial charge in [0, 0.05) is 31.5 Å². The first-order chi connectivity index (χ1) is 13.3. The molecule has 0 saturated heterocycles. The Morgan fingerprint density at radius 2 is 1.89 bits per heavy atom. The van der Waals surface area contributed by atoms with Crippen molar-refractivity contribution in [1.29, 1.82) is 0 Å². The number of sulfonamides is 1. The van der Waals surface area contributed by atoms with Crippen LogP contribution in [0.15, 0.2) is 46.6 Å². The third-order valence-corrected chi connectivity index (χ3v) is 6.20. The summed E-state index contributed by atoms with van der Waals surface area (Å²) < 4.78 is 31.2. The van der Waals surface area contributed by atoms with Crippen LogP contribution < -0.4 is 10.3 Å². The largest absolute Gasteiger partial charge is 0.318 e. The molecule has 3 rings (SSSR count). The maximum absolute atomic E-state index is 12.7. The minimum Gasteiger partial charge on any atom is -0.318 e. The Bertz CT molecular complexity index is 1120. The number of rotatable bonds is 8. The average Bonchev–Trinajstić information content (AvgIpc) is 3.09. The summed E-state index contributed by atoms with van der Waals surface area (Å²) in [6, 6.07) is 5.45. The molecule has 1 N–H and O–H groups in total. The van der Waals surface area contributed by atoms with Crippen molar-refractivity contribution in [2.24, 2.45) is 7.05 Å². The topological polar surface area (TPSA) is 85.5 Å². The van der Waals surface area contributed by atoms with E-state index in [0.717, 1.165) is 36.8 Å². The van der Waals surface area contributed by atoms with E-state index in [1.807, 2.05) is 6.07 Å². The Labute approximate surface area is 165 Å². The number of aromatic nitrogens is 3. The van der Waals surface area contributed by atoms with Crippen LogP contribution in [0.25, 0.3) is 16.8 Å². The average molecular weight is 403 g/mol. The summed E-state index contributed by atoms with van der Waals surface area (Å²) in [6.07, 6.45) is 8.88. The number of fused-ring (bicyclic) bond motifs is 1. The second-order valence-electron chi connectivity index (χ2n) is 7.03. The van der Waals surface area contributed by atoms with E-state index in [0.29, 0.717) is 17.8 Å². The van der Waals surface area contributed by atoms with Crippen LogP contribution in [0.4, 0.5) is 0 Å². The predicted octanol–water partition coefficient (Wildman–Crippen LogP) is 2.87. The predicted molar refractivity (Wildman–Crippen MR) is 110 cm³/mol. The van der Waals surface area contributed by atoms with Crippen molar-refractivity contribution in [2.75, 3.05) is 6.54 Å². The minimum absolute atomic E-state index is 0.0528. The molecule has 3 aromatic heterocycles.